The molecule has 0 heteroatoms. The van der Waals surface area contributed by atoms with Crippen molar-refractivity contribution in [3.8, 4) is 0 Å². The summed E-state index contributed by atoms with van der Waals surface area (Å²) in [7, 11) is 0. The van der Waals surface area contributed by atoms with E-state index < -0.39 is 0 Å². The number of fused-ring (bicyclic) bond motifs is 5. The molecule has 0 aromatic carbocycles. The van der Waals surface area contributed by atoms with Gasteiger partial charge >= 0.3 is 0 Å². The minimum absolute atomic E-state index is 0.633. The first kappa shape index (κ1) is 6.94. The van der Waals surface area contributed by atoms with Gasteiger partial charge in [0.2, 0.25) is 0 Å². The van der Waals surface area contributed by atoms with Crippen molar-refractivity contribution < 1.29 is 0 Å². The highest BCUT2D eigenvalue weighted by atomic mass is 14.6. The zero-order chi connectivity index (χ0) is 8.18. The number of hydrogen-bond donors (Lipinski definition) is 0. The zero-order valence-electron chi connectivity index (χ0n) is 7.66. The van der Waals surface area contributed by atoms with Crippen LogP contribution in [0.3, 0.4) is 0 Å². The largest absolute Gasteiger partial charge is 0.0882 e. The van der Waals surface area contributed by atoms with Gasteiger partial charge in [-0.2, -0.15) is 0 Å². The van der Waals surface area contributed by atoms with Crippen LogP contribution in [0.5, 0.6) is 0 Å². The van der Waals surface area contributed by atoms with E-state index in [2.05, 4.69) is 31.2 Å². The molecule has 0 spiro atoms. The fraction of sp³-hybridized carbons (Fsp3) is 0.667. The predicted octanol–water partition coefficient (Wildman–Crippen LogP) is 3.16. The van der Waals surface area contributed by atoms with Gasteiger partial charge in [-0.25, -0.2) is 0 Å². The molecule has 64 valence electrons. The summed E-state index contributed by atoms with van der Waals surface area (Å²) in [6.07, 6.45) is 14.0. The molecule has 0 radical (unpaired) electrons. The molecule has 3 aliphatic carbocycles. The van der Waals surface area contributed by atoms with E-state index >= 15 is 0 Å². The number of rotatable bonds is 0. The highest BCUT2D eigenvalue weighted by Gasteiger charge is 2.51. The molecule has 0 heterocycles. The molecule has 0 aromatic rings. The van der Waals surface area contributed by atoms with Crippen molar-refractivity contribution in [3.63, 3.8) is 0 Å². The Hall–Kier alpha value is -0.520. The van der Waals surface area contributed by atoms with Gasteiger partial charge in [0.05, 0.1) is 0 Å². The van der Waals surface area contributed by atoms with Crippen molar-refractivity contribution in [1.29, 1.82) is 0 Å². The Labute approximate surface area is 74.4 Å². The van der Waals surface area contributed by atoms with Gasteiger partial charge in [-0.05, 0) is 42.4 Å². The fourth-order valence-corrected chi connectivity index (χ4v) is 3.57. The SMILES string of the molecule is CC12CCC=CC1C1C=CC2C1. The van der Waals surface area contributed by atoms with Gasteiger partial charge in [-0.1, -0.05) is 31.2 Å². The van der Waals surface area contributed by atoms with Crippen molar-refractivity contribution in [2.24, 2.45) is 23.2 Å². The van der Waals surface area contributed by atoms with Crippen molar-refractivity contribution >= 4 is 0 Å². The van der Waals surface area contributed by atoms with Crippen molar-refractivity contribution in [2.45, 2.75) is 26.2 Å². The number of hydrogen-bond acceptors (Lipinski definition) is 0. The molecule has 4 unspecified atom stereocenters. The first-order valence-electron chi connectivity index (χ1n) is 5.16. The first-order valence-corrected chi connectivity index (χ1v) is 5.16. The molecule has 2 bridgehead atoms. The van der Waals surface area contributed by atoms with Crippen LogP contribution >= 0.6 is 0 Å². The Bertz CT molecular complexity index is 261. The normalized spacial score (nSPS) is 54.6. The summed E-state index contributed by atoms with van der Waals surface area (Å²) < 4.78 is 0. The van der Waals surface area contributed by atoms with Gasteiger partial charge in [0.15, 0.2) is 0 Å². The lowest BCUT2D eigenvalue weighted by Gasteiger charge is -2.39. The predicted molar refractivity (Wildman–Crippen MR) is 50.7 cm³/mol. The summed E-state index contributed by atoms with van der Waals surface area (Å²) in [5.74, 6) is 2.66. The maximum absolute atomic E-state index is 2.50. The average Bonchev–Trinajstić information content (AvgIpc) is 2.62. The first-order chi connectivity index (χ1) is 5.81. The third-order valence-electron chi connectivity index (χ3n) is 4.38. The minimum atomic E-state index is 0.633. The molecule has 1 saturated carbocycles. The molecule has 0 N–H and O–H groups in total. The molecule has 3 rings (SSSR count). The lowest BCUT2D eigenvalue weighted by Crippen LogP contribution is -2.31. The molecule has 0 saturated heterocycles. The smallest absolute Gasteiger partial charge is 0.0111 e. The lowest BCUT2D eigenvalue weighted by atomic mass is 9.65. The monoisotopic (exact) mass is 160 g/mol. The topological polar surface area (TPSA) is 0 Å². The van der Waals surface area contributed by atoms with E-state index in [1.807, 2.05) is 0 Å². The molecule has 12 heavy (non-hydrogen) atoms. The van der Waals surface area contributed by atoms with Crippen LogP contribution in [0.4, 0.5) is 0 Å². The van der Waals surface area contributed by atoms with E-state index in [9.17, 15) is 0 Å². The highest BCUT2D eigenvalue weighted by molar-refractivity contribution is 5.23. The van der Waals surface area contributed by atoms with Crippen LogP contribution in [0.15, 0.2) is 24.3 Å². The van der Waals surface area contributed by atoms with E-state index in [0.717, 1.165) is 17.8 Å². The van der Waals surface area contributed by atoms with E-state index in [4.69, 9.17) is 0 Å². The molecule has 4 atom stereocenters. The van der Waals surface area contributed by atoms with Gasteiger partial charge in [0.25, 0.3) is 0 Å². The highest BCUT2D eigenvalue weighted by Crippen LogP contribution is 2.59. The van der Waals surface area contributed by atoms with Crippen LogP contribution in [0.25, 0.3) is 0 Å². The zero-order valence-corrected chi connectivity index (χ0v) is 7.66. The van der Waals surface area contributed by atoms with Gasteiger partial charge in [0.1, 0.15) is 0 Å². The van der Waals surface area contributed by atoms with Crippen molar-refractivity contribution in [1.82, 2.24) is 0 Å². The number of allylic oxidation sites excluding steroid dienone is 4. The van der Waals surface area contributed by atoms with Crippen LogP contribution in [0.2, 0.25) is 0 Å². The summed E-state index contributed by atoms with van der Waals surface area (Å²) in [5.41, 5.74) is 0.633. The van der Waals surface area contributed by atoms with E-state index in [0.29, 0.717) is 5.41 Å². The van der Waals surface area contributed by atoms with Crippen molar-refractivity contribution in [2.75, 3.05) is 0 Å². The molecule has 0 aromatic heterocycles. The molecular formula is C12H16. The Kier molecular flexibility index (Phi) is 1.18. The van der Waals surface area contributed by atoms with Crippen LogP contribution in [0, 0.1) is 23.2 Å². The molecule has 0 aliphatic heterocycles. The summed E-state index contributed by atoms with van der Waals surface area (Å²) >= 11 is 0. The van der Waals surface area contributed by atoms with Gasteiger partial charge in [-0.15, -0.1) is 0 Å². The third-order valence-corrected chi connectivity index (χ3v) is 4.38. The summed E-state index contributed by atoms with van der Waals surface area (Å²) in [6.45, 7) is 2.50. The second-order valence-electron chi connectivity index (χ2n) is 4.89. The Balaban J connectivity index is 2.07. The Morgan fingerprint density at radius 3 is 3.00 bits per heavy atom. The average molecular weight is 160 g/mol. The third kappa shape index (κ3) is 0.646. The Morgan fingerprint density at radius 1 is 1.25 bits per heavy atom. The maximum Gasteiger partial charge on any atom is -0.0111 e. The summed E-state index contributed by atoms with van der Waals surface area (Å²) in [4.78, 5) is 0. The molecule has 3 aliphatic rings. The van der Waals surface area contributed by atoms with E-state index in [-0.39, 0.29) is 0 Å². The van der Waals surface area contributed by atoms with Gasteiger partial charge < -0.3 is 0 Å². The standard InChI is InChI=1S/C12H16/c1-12-7-3-2-4-11(12)9-5-6-10(12)8-9/h2,4-6,9-11H,3,7-8H2,1H3. The lowest BCUT2D eigenvalue weighted by molar-refractivity contribution is 0.176. The summed E-state index contributed by atoms with van der Waals surface area (Å²) in [6, 6.07) is 0. The maximum atomic E-state index is 2.50. The Morgan fingerprint density at radius 2 is 2.17 bits per heavy atom. The van der Waals surface area contributed by atoms with Gasteiger partial charge in [0, 0.05) is 0 Å². The second kappa shape index (κ2) is 2.04. The van der Waals surface area contributed by atoms with Gasteiger partial charge in [-0.3, -0.25) is 0 Å². The van der Waals surface area contributed by atoms with Crippen molar-refractivity contribution in [3.05, 3.63) is 24.3 Å². The van der Waals surface area contributed by atoms with Crippen LogP contribution in [-0.4, -0.2) is 0 Å². The second-order valence-corrected chi connectivity index (χ2v) is 4.89. The molecular weight excluding hydrogens is 144 g/mol. The molecule has 1 fully saturated rings. The minimum Gasteiger partial charge on any atom is -0.0882 e. The van der Waals surface area contributed by atoms with E-state index in [1.54, 1.807) is 0 Å². The summed E-state index contributed by atoms with van der Waals surface area (Å²) in [5, 5.41) is 0. The fourth-order valence-electron chi connectivity index (χ4n) is 3.57. The van der Waals surface area contributed by atoms with Crippen LogP contribution in [0.1, 0.15) is 26.2 Å². The van der Waals surface area contributed by atoms with Crippen LogP contribution < -0.4 is 0 Å². The van der Waals surface area contributed by atoms with E-state index in [1.165, 1.54) is 19.3 Å². The molecule has 0 nitrogen and oxygen atoms in total. The molecule has 0 amide bonds. The van der Waals surface area contributed by atoms with Crippen LogP contribution in [-0.2, 0) is 0 Å². The quantitative estimate of drug-likeness (QED) is 0.477.